The lowest BCUT2D eigenvalue weighted by Crippen LogP contribution is -2.35. The summed E-state index contributed by atoms with van der Waals surface area (Å²) < 4.78 is 22.3. The molecule has 35 heavy (non-hydrogen) atoms. The van der Waals surface area contributed by atoms with Crippen LogP contribution in [0.2, 0.25) is 0 Å². The summed E-state index contributed by atoms with van der Waals surface area (Å²) in [7, 11) is 1.50. The second kappa shape index (κ2) is 10.8. The number of fused-ring (bicyclic) bond motifs is 1. The van der Waals surface area contributed by atoms with Crippen molar-refractivity contribution >= 4 is 56.9 Å². The molecule has 1 aliphatic rings. The van der Waals surface area contributed by atoms with Gasteiger partial charge >= 0.3 is 0 Å². The number of carbonyl (C=O) groups is 1. The van der Waals surface area contributed by atoms with Crippen molar-refractivity contribution in [2.24, 2.45) is 0 Å². The van der Waals surface area contributed by atoms with Gasteiger partial charge in [-0.2, -0.15) is 4.98 Å². The van der Waals surface area contributed by atoms with Crippen LogP contribution in [0.4, 0.5) is 21.8 Å². The largest absolute Gasteiger partial charge is 0.478 e. The molecule has 0 bridgehead atoms. The number of benzene rings is 1. The zero-order valence-electron chi connectivity index (χ0n) is 19.8. The van der Waals surface area contributed by atoms with Crippen LogP contribution in [-0.2, 0) is 4.79 Å². The Kier molecular flexibility index (Phi) is 7.72. The number of alkyl halides is 1. The molecule has 3 heterocycles. The molecular weight excluding hydrogens is 566 g/mol. The number of nitrogens with one attached hydrogen (secondary N) is 2. The summed E-state index contributed by atoms with van der Waals surface area (Å²) in [5, 5.41) is 6.22. The topological polar surface area (TPSA) is 101 Å². The fourth-order valence-corrected chi connectivity index (χ4v) is 4.57. The number of amides is 1. The van der Waals surface area contributed by atoms with Crippen LogP contribution >= 0.6 is 22.6 Å². The van der Waals surface area contributed by atoms with Crippen molar-refractivity contribution in [3.05, 3.63) is 46.6 Å². The molecule has 1 amide bonds. The monoisotopic (exact) mass is 594 g/mol. The molecule has 9 nitrogen and oxygen atoms in total. The molecule has 0 unspecified atom stereocenters. The van der Waals surface area contributed by atoms with Crippen molar-refractivity contribution < 1.29 is 13.9 Å². The predicted molar refractivity (Wildman–Crippen MR) is 143 cm³/mol. The minimum atomic E-state index is -0.556. The standard InChI is InChI=1S/C24H28FIN6O3/c1-14(2)32-19-5-4-17(10-15(19)11-20(23(32)34)35-13-21(33)27-3)29-22-18(25)12-28-24(30-22)31-8-6-16(26)7-9-31/h4-5,10-12,14,16H,6-9,13H2,1-3H3,(H,27,33)(H,28,29,30). The average Bonchev–Trinajstić information content (AvgIpc) is 2.84. The van der Waals surface area contributed by atoms with Crippen molar-refractivity contribution in [2.45, 2.75) is 36.7 Å². The van der Waals surface area contributed by atoms with Gasteiger partial charge in [0.05, 0.1) is 11.7 Å². The maximum atomic E-state index is 14.6. The Labute approximate surface area is 216 Å². The molecular formula is C24H28FIN6O3. The fourth-order valence-electron chi connectivity index (χ4n) is 4.01. The second-order valence-electron chi connectivity index (χ2n) is 8.67. The lowest BCUT2D eigenvalue weighted by Gasteiger charge is -2.29. The first-order chi connectivity index (χ1) is 16.8. The molecule has 1 aliphatic heterocycles. The summed E-state index contributed by atoms with van der Waals surface area (Å²) in [6, 6.07) is 6.83. The van der Waals surface area contributed by atoms with Crippen molar-refractivity contribution in [1.82, 2.24) is 19.9 Å². The third-order valence-corrected chi connectivity index (χ3v) is 7.10. The van der Waals surface area contributed by atoms with Crippen LogP contribution in [0.25, 0.3) is 10.9 Å². The van der Waals surface area contributed by atoms with Crippen molar-refractivity contribution in [1.29, 1.82) is 0 Å². The number of halogens is 2. The fraction of sp³-hybridized carbons (Fsp3) is 0.417. The first kappa shape index (κ1) is 25.1. The third-order valence-electron chi connectivity index (χ3n) is 5.86. The minimum absolute atomic E-state index is 0.0705. The summed E-state index contributed by atoms with van der Waals surface area (Å²) in [4.78, 5) is 35.3. The van der Waals surface area contributed by atoms with Gasteiger partial charge in [-0.3, -0.25) is 9.59 Å². The van der Waals surface area contributed by atoms with Crippen molar-refractivity contribution in [3.63, 3.8) is 0 Å². The van der Waals surface area contributed by atoms with Crippen LogP contribution in [0.15, 0.2) is 35.3 Å². The summed E-state index contributed by atoms with van der Waals surface area (Å²) in [6.45, 7) is 5.19. The highest BCUT2D eigenvalue weighted by Crippen LogP contribution is 2.27. The lowest BCUT2D eigenvalue weighted by molar-refractivity contribution is -0.122. The van der Waals surface area contributed by atoms with E-state index in [1.165, 1.54) is 13.2 Å². The predicted octanol–water partition coefficient (Wildman–Crippen LogP) is 3.78. The molecule has 11 heteroatoms. The Hall–Kier alpha value is -2.96. The number of ether oxygens (including phenoxy) is 1. The van der Waals surface area contributed by atoms with E-state index in [9.17, 15) is 14.0 Å². The molecule has 186 valence electrons. The maximum absolute atomic E-state index is 14.6. The van der Waals surface area contributed by atoms with E-state index < -0.39 is 5.82 Å². The smallest absolute Gasteiger partial charge is 0.293 e. The number of anilines is 3. The molecule has 4 rings (SSSR count). The van der Waals surface area contributed by atoms with E-state index in [-0.39, 0.29) is 35.7 Å². The molecule has 1 aromatic carbocycles. The van der Waals surface area contributed by atoms with Gasteiger partial charge in [0.15, 0.2) is 24.0 Å². The number of carbonyl (C=O) groups excluding carboxylic acids is 1. The van der Waals surface area contributed by atoms with Gasteiger partial charge in [0.2, 0.25) is 5.95 Å². The van der Waals surface area contributed by atoms with Gasteiger partial charge in [-0.25, -0.2) is 9.37 Å². The summed E-state index contributed by atoms with van der Waals surface area (Å²) in [6.07, 6.45) is 3.26. The highest BCUT2D eigenvalue weighted by molar-refractivity contribution is 14.1. The van der Waals surface area contributed by atoms with E-state index in [1.54, 1.807) is 28.8 Å². The number of pyridine rings is 1. The molecule has 3 aromatic rings. The number of hydrogen-bond donors (Lipinski definition) is 2. The van der Waals surface area contributed by atoms with Gasteiger partial charge < -0.3 is 24.8 Å². The number of likely N-dealkylation sites (N-methyl/N-ethyl adjacent to an activating group) is 1. The highest BCUT2D eigenvalue weighted by atomic mass is 127. The third kappa shape index (κ3) is 5.65. The molecule has 2 aromatic heterocycles. The van der Waals surface area contributed by atoms with Gasteiger partial charge in [0.1, 0.15) is 0 Å². The van der Waals surface area contributed by atoms with Crippen molar-refractivity contribution in [3.8, 4) is 5.75 Å². The molecule has 1 fully saturated rings. The number of piperidine rings is 1. The Morgan fingerprint density at radius 2 is 2.03 bits per heavy atom. The van der Waals surface area contributed by atoms with E-state index in [2.05, 4.69) is 48.1 Å². The summed E-state index contributed by atoms with van der Waals surface area (Å²) in [5.41, 5.74) is 0.977. The van der Waals surface area contributed by atoms with Gasteiger partial charge in [-0.15, -0.1) is 0 Å². The van der Waals surface area contributed by atoms with Crippen LogP contribution in [0.5, 0.6) is 5.75 Å². The number of rotatable bonds is 7. The Morgan fingerprint density at radius 1 is 1.29 bits per heavy atom. The maximum Gasteiger partial charge on any atom is 0.293 e. The normalized spacial score (nSPS) is 14.4. The highest BCUT2D eigenvalue weighted by Gasteiger charge is 2.20. The van der Waals surface area contributed by atoms with Gasteiger partial charge in [-0.05, 0) is 51.0 Å². The van der Waals surface area contributed by atoms with Crippen LogP contribution < -0.4 is 25.8 Å². The first-order valence-corrected chi connectivity index (χ1v) is 12.7. The molecule has 0 spiro atoms. The Balaban J connectivity index is 1.66. The lowest BCUT2D eigenvalue weighted by atomic mass is 10.1. The van der Waals surface area contributed by atoms with Crippen LogP contribution in [0, 0.1) is 5.82 Å². The SMILES string of the molecule is CNC(=O)COc1cc2cc(Nc3nc(N4CCC(I)CC4)ncc3F)ccc2n(C(C)C)c1=O. The van der Waals surface area contributed by atoms with E-state index in [0.717, 1.165) is 25.9 Å². The molecule has 0 saturated carbocycles. The number of nitrogens with zero attached hydrogens (tertiary/aromatic N) is 4. The molecule has 0 radical (unpaired) electrons. The van der Waals surface area contributed by atoms with Crippen LogP contribution in [0.3, 0.4) is 0 Å². The zero-order valence-corrected chi connectivity index (χ0v) is 22.0. The summed E-state index contributed by atoms with van der Waals surface area (Å²) >= 11 is 2.45. The second-order valence-corrected chi connectivity index (χ2v) is 10.4. The van der Waals surface area contributed by atoms with Crippen LogP contribution in [0.1, 0.15) is 32.7 Å². The van der Waals surface area contributed by atoms with Gasteiger partial charge in [0.25, 0.3) is 11.5 Å². The molecule has 1 saturated heterocycles. The van der Waals surface area contributed by atoms with E-state index in [1.807, 2.05) is 13.8 Å². The molecule has 2 N–H and O–H groups in total. The molecule has 0 aliphatic carbocycles. The van der Waals surface area contributed by atoms with E-state index >= 15 is 0 Å². The van der Waals surface area contributed by atoms with Gasteiger partial charge in [-0.1, -0.05) is 22.6 Å². The minimum Gasteiger partial charge on any atom is -0.478 e. The Bertz CT molecular complexity index is 1290. The number of aromatic nitrogens is 3. The molecule has 0 atom stereocenters. The van der Waals surface area contributed by atoms with E-state index in [0.29, 0.717) is 26.5 Å². The first-order valence-electron chi connectivity index (χ1n) is 11.5. The van der Waals surface area contributed by atoms with Gasteiger partial charge in [0, 0.05) is 41.2 Å². The average molecular weight is 594 g/mol. The zero-order chi connectivity index (χ0) is 25.1. The summed E-state index contributed by atoms with van der Waals surface area (Å²) in [5.74, 6) is -0.245. The quantitative estimate of drug-likeness (QED) is 0.317. The Morgan fingerprint density at radius 3 is 2.71 bits per heavy atom. The number of hydrogen-bond acceptors (Lipinski definition) is 7. The van der Waals surface area contributed by atoms with Crippen LogP contribution in [-0.4, -0.2) is 51.1 Å². The van der Waals surface area contributed by atoms with E-state index in [4.69, 9.17) is 4.74 Å². The van der Waals surface area contributed by atoms with Crippen molar-refractivity contribution in [2.75, 3.05) is 37.0 Å².